The van der Waals surface area contributed by atoms with Gasteiger partial charge < -0.3 is 14.6 Å². The van der Waals surface area contributed by atoms with Crippen LogP contribution < -0.4 is 0 Å². The second-order valence-electron chi connectivity index (χ2n) is 5.85. The van der Waals surface area contributed by atoms with Crippen molar-refractivity contribution in [2.75, 3.05) is 19.8 Å². The smallest absolute Gasteiger partial charge is 0.323 e. The molecule has 5 heteroatoms. The van der Waals surface area contributed by atoms with Gasteiger partial charge in [0.25, 0.3) is 0 Å². The van der Waals surface area contributed by atoms with Crippen LogP contribution in [0.3, 0.4) is 0 Å². The molecule has 0 rings (SSSR count). The highest BCUT2D eigenvalue weighted by molar-refractivity contribution is 5.99. The molecule has 0 heterocycles. The molecule has 0 unspecified atom stereocenters. The van der Waals surface area contributed by atoms with Gasteiger partial charge >= 0.3 is 11.9 Å². The Labute approximate surface area is 134 Å². The van der Waals surface area contributed by atoms with Gasteiger partial charge in [0.05, 0.1) is 13.2 Å². The second kappa shape index (κ2) is 12.4. The lowest BCUT2D eigenvalue weighted by Crippen LogP contribution is -2.40. The van der Waals surface area contributed by atoms with E-state index >= 15 is 0 Å². The lowest BCUT2D eigenvalue weighted by molar-refractivity contribution is -0.172. The summed E-state index contributed by atoms with van der Waals surface area (Å²) in [6.45, 7) is 6.27. The first kappa shape index (κ1) is 20.9. The number of aliphatic hydroxyl groups excluding tert-OH is 1. The van der Waals surface area contributed by atoms with E-state index in [4.69, 9.17) is 14.6 Å². The van der Waals surface area contributed by atoms with Gasteiger partial charge in [-0.3, -0.25) is 9.59 Å². The van der Waals surface area contributed by atoms with Crippen LogP contribution in [0.25, 0.3) is 0 Å². The zero-order chi connectivity index (χ0) is 16.8. The third-order valence-electron chi connectivity index (χ3n) is 3.70. The number of aliphatic hydroxyl groups is 1. The fourth-order valence-corrected chi connectivity index (χ4v) is 2.07. The van der Waals surface area contributed by atoms with Gasteiger partial charge in [0, 0.05) is 6.61 Å². The average Bonchev–Trinajstić information content (AvgIpc) is 2.52. The number of hydrogen-bond donors (Lipinski definition) is 1. The molecule has 22 heavy (non-hydrogen) atoms. The molecule has 0 aliphatic heterocycles. The van der Waals surface area contributed by atoms with Crippen molar-refractivity contribution in [1.29, 1.82) is 0 Å². The molecule has 0 fully saturated rings. The average molecular weight is 316 g/mol. The van der Waals surface area contributed by atoms with Crippen LogP contribution in [-0.4, -0.2) is 36.9 Å². The van der Waals surface area contributed by atoms with Gasteiger partial charge in [0.2, 0.25) is 0 Å². The van der Waals surface area contributed by atoms with Crippen molar-refractivity contribution in [3.8, 4) is 0 Å². The molecule has 0 aliphatic rings. The Balaban J connectivity index is 4.53. The lowest BCUT2D eigenvalue weighted by atomic mass is 9.85. The minimum atomic E-state index is -1.32. The Morgan fingerprint density at radius 1 is 0.864 bits per heavy atom. The SMILES string of the molecule is CCCCCOC(=O)C(C)(CCCO)C(=O)OCCCCC. The first-order valence-electron chi connectivity index (χ1n) is 8.48. The summed E-state index contributed by atoms with van der Waals surface area (Å²) in [5.74, 6) is -1.09. The molecule has 5 nitrogen and oxygen atoms in total. The van der Waals surface area contributed by atoms with Gasteiger partial charge in [-0.1, -0.05) is 39.5 Å². The molecule has 0 aromatic heterocycles. The van der Waals surface area contributed by atoms with Crippen molar-refractivity contribution in [3.63, 3.8) is 0 Å². The van der Waals surface area contributed by atoms with Gasteiger partial charge in [-0.15, -0.1) is 0 Å². The van der Waals surface area contributed by atoms with Gasteiger partial charge in [0.1, 0.15) is 0 Å². The Morgan fingerprint density at radius 3 is 1.68 bits per heavy atom. The van der Waals surface area contributed by atoms with Crippen molar-refractivity contribution < 1.29 is 24.2 Å². The summed E-state index contributed by atoms with van der Waals surface area (Å²) in [7, 11) is 0. The van der Waals surface area contributed by atoms with E-state index in [2.05, 4.69) is 13.8 Å². The molecule has 0 atom stereocenters. The van der Waals surface area contributed by atoms with E-state index in [1.807, 2.05) is 0 Å². The van der Waals surface area contributed by atoms with Crippen molar-refractivity contribution in [2.24, 2.45) is 5.41 Å². The predicted molar refractivity (Wildman–Crippen MR) is 85.4 cm³/mol. The number of unbranched alkanes of at least 4 members (excludes halogenated alkanes) is 4. The highest BCUT2D eigenvalue weighted by Crippen LogP contribution is 2.27. The minimum Gasteiger partial charge on any atom is -0.465 e. The van der Waals surface area contributed by atoms with Gasteiger partial charge in [-0.05, 0) is 32.6 Å². The van der Waals surface area contributed by atoms with E-state index in [1.54, 1.807) is 6.92 Å². The van der Waals surface area contributed by atoms with Crippen LogP contribution in [0.5, 0.6) is 0 Å². The molecular weight excluding hydrogens is 284 g/mol. The Hall–Kier alpha value is -1.10. The zero-order valence-electron chi connectivity index (χ0n) is 14.4. The number of ether oxygens (including phenoxy) is 2. The normalized spacial score (nSPS) is 11.3. The fourth-order valence-electron chi connectivity index (χ4n) is 2.07. The topological polar surface area (TPSA) is 72.8 Å². The maximum atomic E-state index is 12.3. The van der Waals surface area contributed by atoms with Crippen LogP contribution in [0.15, 0.2) is 0 Å². The summed E-state index contributed by atoms with van der Waals surface area (Å²) < 4.78 is 10.5. The van der Waals surface area contributed by atoms with Crippen LogP contribution in [0.4, 0.5) is 0 Å². The van der Waals surface area contributed by atoms with Crippen molar-refractivity contribution in [2.45, 2.75) is 72.1 Å². The second-order valence-corrected chi connectivity index (χ2v) is 5.85. The molecule has 0 aliphatic carbocycles. The van der Waals surface area contributed by atoms with E-state index in [0.29, 0.717) is 19.6 Å². The molecule has 0 radical (unpaired) electrons. The Morgan fingerprint density at radius 2 is 1.32 bits per heavy atom. The van der Waals surface area contributed by atoms with Gasteiger partial charge in [0.15, 0.2) is 5.41 Å². The number of hydrogen-bond acceptors (Lipinski definition) is 5. The molecule has 130 valence electrons. The van der Waals surface area contributed by atoms with Crippen LogP contribution in [0, 0.1) is 5.41 Å². The Bertz CT molecular complexity index is 290. The number of carbonyl (C=O) groups excluding carboxylic acids is 2. The maximum absolute atomic E-state index is 12.3. The lowest BCUT2D eigenvalue weighted by Gasteiger charge is -2.25. The highest BCUT2D eigenvalue weighted by Gasteiger charge is 2.43. The third-order valence-corrected chi connectivity index (χ3v) is 3.70. The maximum Gasteiger partial charge on any atom is 0.323 e. The summed E-state index contributed by atoms with van der Waals surface area (Å²) in [4.78, 5) is 24.5. The standard InChI is InChI=1S/C17H32O5/c1-4-6-8-13-21-15(19)17(3,11-10-12-18)16(20)22-14-9-7-5-2/h18H,4-14H2,1-3H3. The van der Waals surface area contributed by atoms with Crippen molar-refractivity contribution in [3.05, 3.63) is 0 Å². The molecule has 1 N–H and O–H groups in total. The number of rotatable bonds is 13. The molecule has 0 aromatic rings. The predicted octanol–water partition coefficient (Wildman–Crippen LogP) is 3.23. The molecule has 0 spiro atoms. The largest absolute Gasteiger partial charge is 0.465 e. The van der Waals surface area contributed by atoms with Crippen LogP contribution >= 0.6 is 0 Å². The number of esters is 2. The Kier molecular flexibility index (Phi) is 11.8. The summed E-state index contributed by atoms with van der Waals surface area (Å²) >= 11 is 0. The molecule has 0 bridgehead atoms. The third kappa shape index (κ3) is 7.78. The van der Waals surface area contributed by atoms with Crippen LogP contribution in [0.1, 0.15) is 72.1 Å². The summed E-state index contributed by atoms with van der Waals surface area (Å²) in [6, 6.07) is 0. The summed E-state index contributed by atoms with van der Waals surface area (Å²) in [5, 5.41) is 8.98. The van der Waals surface area contributed by atoms with E-state index < -0.39 is 17.4 Å². The zero-order valence-corrected chi connectivity index (χ0v) is 14.4. The van der Waals surface area contributed by atoms with Crippen LogP contribution in [-0.2, 0) is 19.1 Å². The van der Waals surface area contributed by atoms with Crippen molar-refractivity contribution in [1.82, 2.24) is 0 Å². The monoisotopic (exact) mass is 316 g/mol. The van der Waals surface area contributed by atoms with E-state index in [1.165, 1.54) is 0 Å². The van der Waals surface area contributed by atoms with E-state index in [-0.39, 0.29) is 13.0 Å². The quantitative estimate of drug-likeness (QED) is 0.321. The molecule has 0 aromatic carbocycles. The molecule has 0 saturated heterocycles. The van der Waals surface area contributed by atoms with E-state index in [9.17, 15) is 9.59 Å². The van der Waals surface area contributed by atoms with Crippen LogP contribution in [0.2, 0.25) is 0 Å². The van der Waals surface area contributed by atoms with Gasteiger partial charge in [-0.2, -0.15) is 0 Å². The fraction of sp³-hybridized carbons (Fsp3) is 0.882. The highest BCUT2D eigenvalue weighted by atomic mass is 16.6. The molecule has 0 saturated carbocycles. The minimum absolute atomic E-state index is 0.0676. The van der Waals surface area contributed by atoms with E-state index in [0.717, 1.165) is 38.5 Å². The first-order valence-corrected chi connectivity index (χ1v) is 8.48. The van der Waals surface area contributed by atoms with Crippen molar-refractivity contribution >= 4 is 11.9 Å². The number of carbonyl (C=O) groups is 2. The first-order chi connectivity index (χ1) is 10.5. The molecule has 0 amide bonds. The summed E-state index contributed by atoms with van der Waals surface area (Å²) in [6.07, 6.45) is 6.25. The van der Waals surface area contributed by atoms with Gasteiger partial charge in [-0.25, -0.2) is 0 Å². The summed E-state index contributed by atoms with van der Waals surface area (Å²) in [5.41, 5.74) is -1.32. The molecular formula is C17H32O5.